The lowest BCUT2D eigenvalue weighted by molar-refractivity contribution is -0.129. The van der Waals surface area contributed by atoms with Crippen LogP contribution >= 0.6 is 11.6 Å². The van der Waals surface area contributed by atoms with Gasteiger partial charge in [0.15, 0.2) is 5.70 Å². The molecular weight excluding hydrogens is 290 g/mol. The molecule has 1 aliphatic heterocycles. The highest BCUT2D eigenvalue weighted by Gasteiger charge is 2.24. The fraction of sp³-hybridized carbons (Fsp3) is 0. The average molecular weight is 300 g/mol. The highest BCUT2D eigenvalue weighted by molar-refractivity contribution is 6.31. The third kappa shape index (κ3) is 2.95. The summed E-state index contributed by atoms with van der Waals surface area (Å²) >= 11 is 5.91. The van der Waals surface area contributed by atoms with Crippen molar-refractivity contribution in [2.45, 2.75) is 0 Å². The molecule has 21 heavy (non-hydrogen) atoms. The van der Waals surface area contributed by atoms with Crippen LogP contribution < -0.4 is 0 Å². The fourth-order valence-corrected chi connectivity index (χ4v) is 2.07. The lowest BCUT2D eigenvalue weighted by Crippen LogP contribution is -2.05. The van der Waals surface area contributed by atoms with Crippen LogP contribution in [-0.4, -0.2) is 17.0 Å². The maximum absolute atomic E-state index is 11.8. The number of benzene rings is 2. The van der Waals surface area contributed by atoms with Crippen LogP contribution in [0.3, 0.4) is 0 Å². The number of phenolic OH excluding ortho intramolecular Hbond substituents is 1. The molecule has 1 N–H and O–H groups in total. The van der Waals surface area contributed by atoms with Gasteiger partial charge in [0.2, 0.25) is 5.90 Å². The Hall–Kier alpha value is -2.59. The minimum atomic E-state index is -0.516. The Balaban J connectivity index is 1.93. The van der Waals surface area contributed by atoms with E-state index in [1.807, 2.05) is 0 Å². The van der Waals surface area contributed by atoms with Gasteiger partial charge in [0.25, 0.3) is 0 Å². The number of carbonyl (C=O) groups excluding carboxylic acids is 1. The first kappa shape index (κ1) is 13.4. The molecule has 0 aromatic heterocycles. The molecule has 1 heterocycles. The molecule has 2 aromatic carbocycles. The predicted molar refractivity (Wildman–Crippen MR) is 80.2 cm³/mol. The van der Waals surface area contributed by atoms with Crippen LogP contribution in [0.25, 0.3) is 6.08 Å². The molecule has 0 saturated heterocycles. The monoisotopic (exact) mass is 299 g/mol. The van der Waals surface area contributed by atoms with E-state index in [4.69, 9.17) is 16.3 Å². The van der Waals surface area contributed by atoms with E-state index >= 15 is 0 Å². The van der Waals surface area contributed by atoms with Gasteiger partial charge < -0.3 is 9.84 Å². The quantitative estimate of drug-likeness (QED) is 0.683. The van der Waals surface area contributed by atoms with E-state index in [0.717, 1.165) is 5.56 Å². The Morgan fingerprint density at radius 2 is 1.90 bits per heavy atom. The number of carbonyl (C=O) groups is 1. The average Bonchev–Trinajstić information content (AvgIpc) is 2.83. The molecule has 0 atom stereocenters. The molecule has 104 valence electrons. The lowest BCUT2D eigenvalue weighted by atomic mass is 10.2. The van der Waals surface area contributed by atoms with Gasteiger partial charge in [0.1, 0.15) is 5.75 Å². The number of esters is 1. The normalized spacial score (nSPS) is 16.0. The van der Waals surface area contributed by atoms with Gasteiger partial charge in [-0.3, -0.25) is 0 Å². The summed E-state index contributed by atoms with van der Waals surface area (Å²) in [5.41, 5.74) is 1.59. The number of ether oxygens (including phenoxy) is 1. The molecule has 5 heteroatoms. The van der Waals surface area contributed by atoms with Gasteiger partial charge in [-0.2, -0.15) is 0 Å². The summed E-state index contributed by atoms with van der Waals surface area (Å²) in [6, 6.07) is 13.4. The smallest absolute Gasteiger partial charge is 0.363 e. The molecule has 0 aliphatic carbocycles. The molecule has 1 aliphatic rings. The topological polar surface area (TPSA) is 58.9 Å². The number of cyclic esters (lactones) is 1. The molecule has 0 amide bonds. The highest BCUT2D eigenvalue weighted by atomic mass is 35.5. The van der Waals surface area contributed by atoms with Gasteiger partial charge in [0, 0.05) is 10.6 Å². The van der Waals surface area contributed by atoms with Crippen LogP contribution in [0.2, 0.25) is 5.02 Å². The molecule has 0 spiro atoms. The van der Waals surface area contributed by atoms with Crippen LogP contribution in [0.1, 0.15) is 11.1 Å². The van der Waals surface area contributed by atoms with Crippen LogP contribution in [0.5, 0.6) is 5.75 Å². The van der Waals surface area contributed by atoms with Gasteiger partial charge in [-0.05, 0) is 42.0 Å². The number of hydrogen-bond acceptors (Lipinski definition) is 4. The molecule has 3 rings (SSSR count). The second-order valence-electron chi connectivity index (χ2n) is 4.44. The summed E-state index contributed by atoms with van der Waals surface area (Å²) in [5.74, 6) is -0.125. The van der Waals surface area contributed by atoms with Crippen molar-refractivity contribution < 1.29 is 14.6 Å². The number of aromatic hydroxyl groups is 1. The Bertz CT molecular complexity index is 763. The van der Waals surface area contributed by atoms with Gasteiger partial charge >= 0.3 is 5.97 Å². The zero-order valence-corrected chi connectivity index (χ0v) is 11.5. The Morgan fingerprint density at radius 1 is 1.14 bits per heavy atom. The Morgan fingerprint density at radius 3 is 2.62 bits per heavy atom. The first-order valence-corrected chi connectivity index (χ1v) is 6.57. The van der Waals surface area contributed by atoms with Crippen LogP contribution in [0, 0.1) is 0 Å². The zero-order valence-electron chi connectivity index (χ0n) is 10.8. The first-order chi connectivity index (χ1) is 10.1. The molecule has 0 bridgehead atoms. The molecule has 0 unspecified atom stereocenters. The van der Waals surface area contributed by atoms with Crippen molar-refractivity contribution >= 4 is 29.5 Å². The van der Waals surface area contributed by atoms with Gasteiger partial charge in [-0.1, -0.05) is 29.8 Å². The summed E-state index contributed by atoms with van der Waals surface area (Å²) < 4.78 is 5.15. The van der Waals surface area contributed by atoms with E-state index in [2.05, 4.69) is 4.99 Å². The summed E-state index contributed by atoms with van der Waals surface area (Å²) in [6.45, 7) is 0. The molecule has 2 aromatic rings. The Kier molecular flexibility index (Phi) is 3.46. The minimum Gasteiger partial charge on any atom is -0.508 e. The van der Waals surface area contributed by atoms with Crippen molar-refractivity contribution in [3.63, 3.8) is 0 Å². The first-order valence-electron chi connectivity index (χ1n) is 6.19. The predicted octanol–water partition coefficient (Wildman–Crippen LogP) is 3.39. The maximum Gasteiger partial charge on any atom is 0.363 e. The summed E-state index contributed by atoms with van der Waals surface area (Å²) in [7, 11) is 0. The standard InChI is InChI=1S/C16H10ClNO3/c17-12-3-1-2-11(9-12)15-18-14(16(20)21-15)8-10-4-6-13(19)7-5-10/h1-9,19H. The number of halogens is 1. The highest BCUT2D eigenvalue weighted by Crippen LogP contribution is 2.21. The molecular formula is C16H10ClNO3. The second kappa shape index (κ2) is 5.42. The zero-order chi connectivity index (χ0) is 14.8. The van der Waals surface area contributed by atoms with Gasteiger partial charge in [-0.25, -0.2) is 9.79 Å². The number of aliphatic imine (C=N–C) groups is 1. The van der Waals surface area contributed by atoms with Crippen LogP contribution in [-0.2, 0) is 9.53 Å². The number of nitrogens with zero attached hydrogens (tertiary/aromatic N) is 1. The van der Waals surface area contributed by atoms with E-state index in [1.165, 1.54) is 12.1 Å². The third-order valence-corrected chi connectivity index (χ3v) is 3.12. The van der Waals surface area contributed by atoms with Crippen LogP contribution in [0.4, 0.5) is 0 Å². The molecule has 0 radical (unpaired) electrons. The van der Waals surface area contributed by atoms with E-state index in [1.54, 1.807) is 42.5 Å². The van der Waals surface area contributed by atoms with Crippen molar-refractivity contribution in [1.29, 1.82) is 0 Å². The van der Waals surface area contributed by atoms with Gasteiger partial charge in [0.05, 0.1) is 0 Å². The third-order valence-electron chi connectivity index (χ3n) is 2.89. The summed E-state index contributed by atoms with van der Waals surface area (Å²) in [5, 5.41) is 9.78. The van der Waals surface area contributed by atoms with Crippen molar-refractivity contribution in [2.75, 3.05) is 0 Å². The SMILES string of the molecule is O=C1OC(c2cccc(Cl)c2)=NC1=Cc1ccc(O)cc1. The largest absolute Gasteiger partial charge is 0.508 e. The maximum atomic E-state index is 11.8. The molecule has 0 saturated carbocycles. The van der Waals surface area contributed by atoms with E-state index < -0.39 is 5.97 Å². The molecule has 0 fully saturated rings. The second-order valence-corrected chi connectivity index (χ2v) is 4.87. The van der Waals surface area contributed by atoms with Crippen LogP contribution in [0.15, 0.2) is 59.2 Å². The van der Waals surface area contributed by atoms with Gasteiger partial charge in [-0.15, -0.1) is 0 Å². The summed E-state index contributed by atoms with van der Waals surface area (Å²) in [4.78, 5) is 16.0. The lowest BCUT2D eigenvalue weighted by Gasteiger charge is -1.98. The minimum absolute atomic E-state index is 0.161. The van der Waals surface area contributed by atoms with Crippen molar-refractivity contribution in [3.05, 3.63) is 70.4 Å². The summed E-state index contributed by atoms with van der Waals surface area (Å²) in [6.07, 6.45) is 1.60. The van der Waals surface area contributed by atoms with Crippen molar-refractivity contribution in [1.82, 2.24) is 0 Å². The van der Waals surface area contributed by atoms with Crippen molar-refractivity contribution in [2.24, 2.45) is 4.99 Å². The molecule has 4 nitrogen and oxygen atoms in total. The van der Waals surface area contributed by atoms with E-state index in [-0.39, 0.29) is 17.3 Å². The van der Waals surface area contributed by atoms with E-state index in [9.17, 15) is 9.90 Å². The van der Waals surface area contributed by atoms with Crippen molar-refractivity contribution in [3.8, 4) is 5.75 Å². The Labute approximate surface area is 126 Å². The fourth-order valence-electron chi connectivity index (χ4n) is 1.88. The number of rotatable bonds is 2. The number of hydrogen-bond donors (Lipinski definition) is 1. The number of phenols is 1. The van der Waals surface area contributed by atoms with E-state index in [0.29, 0.717) is 10.6 Å².